The molecular formula is C18H17N5O2S3. The van der Waals surface area contributed by atoms with Gasteiger partial charge in [-0.1, -0.05) is 23.9 Å². The van der Waals surface area contributed by atoms with Gasteiger partial charge in [0.2, 0.25) is 5.16 Å². The zero-order chi connectivity index (χ0) is 19.5. The summed E-state index contributed by atoms with van der Waals surface area (Å²) in [4.78, 5) is 5.72. The molecule has 3 aromatic heterocycles. The third-order valence-electron chi connectivity index (χ3n) is 3.94. The van der Waals surface area contributed by atoms with Gasteiger partial charge in [-0.25, -0.2) is 9.66 Å². The number of para-hydroxylation sites is 1. The fraction of sp³-hybridized carbons (Fsp3) is 0.167. The molecule has 0 aliphatic heterocycles. The number of hydrogen-bond donors (Lipinski definition) is 1. The number of thiophene rings is 1. The molecule has 4 rings (SSSR count). The minimum Gasteiger partial charge on any atom is -0.493 e. The molecule has 0 aliphatic carbocycles. The second-order valence-corrected chi connectivity index (χ2v) is 8.38. The Morgan fingerprint density at radius 2 is 2.00 bits per heavy atom. The Kier molecular flexibility index (Phi) is 5.51. The topological polar surface area (TPSA) is 88.1 Å². The third-order valence-corrected chi connectivity index (χ3v) is 6.71. The molecule has 0 unspecified atom stereocenters. The number of nitrogens with two attached hydrogens (primary N) is 1. The number of nitrogens with zero attached hydrogens (tertiary/aromatic N) is 4. The Labute approximate surface area is 174 Å². The van der Waals surface area contributed by atoms with Crippen LogP contribution in [0, 0.1) is 0 Å². The molecule has 1 aromatic carbocycles. The number of benzene rings is 1. The number of thiazole rings is 1. The lowest BCUT2D eigenvalue weighted by Crippen LogP contribution is -2.11. The van der Waals surface area contributed by atoms with Gasteiger partial charge in [-0.2, -0.15) is 0 Å². The van der Waals surface area contributed by atoms with E-state index in [1.54, 1.807) is 36.9 Å². The SMILES string of the molecule is COc1cccc(-c2nc(CSc3nnc(-c4cccs4)n3N)cs2)c1OC. The van der Waals surface area contributed by atoms with Crippen molar-refractivity contribution >= 4 is 34.4 Å². The maximum absolute atomic E-state index is 6.15. The maximum atomic E-state index is 6.15. The second-order valence-electron chi connectivity index (χ2n) is 5.63. The van der Waals surface area contributed by atoms with E-state index in [4.69, 9.17) is 20.3 Å². The van der Waals surface area contributed by atoms with Crippen LogP contribution in [-0.4, -0.2) is 34.1 Å². The third kappa shape index (κ3) is 3.58. The molecule has 0 aliphatic rings. The first-order valence-electron chi connectivity index (χ1n) is 8.24. The first kappa shape index (κ1) is 18.8. The number of aromatic nitrogens is 4. The van der Waals surface area contributed by atoms with E-state index < -0.39 is 0 Å². The Morgan fingerprint density at radius 1 is 1.11 bits per heavy atom. The van der Waals surface area contributed by atoms with E-state index in [0.717, 1.165) is 21.1 Å². The summed E-state index contributed by atoms with van der Waals surface area (Å²) in [5.41, 5.74) is 1.85. The highest BCUT2D eigenvalue weighted by atomic mass is 32.2. The molecule has 7 nitrogen and oxygen atoms in total. The van der Waals surface area contributed by atoms with Crippen molar-refractivity contribution in [3.05, 3.63) is 46.8 Å². The highest BCUT2D eigenvalue weighted by Crippen LogP contribution is 2.39. The minimum atomic E-state index is 0.641. The van der Waals surface area contributed by atoms with Gasteiger partial charge < -0.3 is 15.3 Å². The fourth-order valence-corrected chi connectivity index (χ4v) is 5.04. The number of ether oxygens (including phenoxy) is 2. The molecule has 0 spiro atoms. The lowest BCUT2D eigenvalue weighted by atomic mass is 10.2. The summed E-state index contributed by atoms with van der Waals surface area (Å²) in [6, 6.07) is 9.70. The van der Waals surface area contributed by atoms with Gasteiger partial charge in [0.05, 0.1) is 30.4 Å². The molecule has 10 heteroatoms. The van der Waals surface area contributed by atoms with Crippen molar-refractivity contribution in [1.29, 1.82) is 0 Å². The zero-order valence-electron chi connectivity index (χ0n) is 15.2. The van der Waals surface area contributed by atoms with Gasteiger partial charge in [-0.15, -0.1) is 32.9 Å². The van der Waals surface area contributed by atoms with Crippen molar-refractivity contribution in [2.45, 2.75) is 10.9 Å². The van der Waals surface area contributed by atoms with Crippen LogP contribution in [0.25, 0.3) is 21.3 Å². The van der Waals surface area contributed by atoms with E-state index >= 15 is 0 Å². The smallest absolute Gasteiger partial charge is 0.210 e. The van der Waals surface area contributed by atoms with Gasteiger partial charge in [0.25, 0.3) is 0 Å². The summed E-state index contributed by atoms with van der Waals surface area (Å²) < 4.78 is 12.4. The van der Waals surface area contributed by atoms with Crippen LogP contribution in [0.15, 0.2) is 46.2 Å². The van der Waals surface area contributed by atoms with Crippen molar-refractivity contribution in [3.8, 4) is 32.8 Å². The standard InChI is InChI=1S/C18H17N5O2S3/c1-24-13-6-3-5-12(15(13)25-2)17-20-11(9-27-17)10-28-18-22-21-16(23(18)19)14-7-4-8-26-14/h3-9H,10,19H2,1-2H3. The first-order valence-corrected chi connectivity index (χ1v) is 11.0. The number of methoxy groups -OCH3 is 2. The van der Waals surface area contributed by atoms with E-state index in [1.807, 2.05) is 41.1 Å². The fourth-order valence-electron chi connectivity index (χ4n) is 2.64. The molecule has 0 atom stereocenters. The molecule has 0 bridgehead atoms. The van der Waals surface area contributed by atoms with Gasteiger partial charge in [0.1, 0.15) is 5.01 Å². The van der Waals surface area contributed by atoms with E-state index in [9.17, 15) is 0 Å². The number of nitrogen functional groups attached to an aromatic ring is 1. The summed E-state index contributed by atoms with van der Waals surface area (Å²) in [5, 5.41) is 13.9. The van der Waals surface area contributed by atoms with E-state index in [0.29, 0.717) is 28.2 Å². The average molecular weight is 432 g/mol. The highest BCUT2D eigenvalue weighted by Gasteiger charge is 2.16. The van der Waals surface area contributed by atoms with E-state index in [-0.39, 0.29) is 0 Å². The Hall–Kier alpha value is -2.56. The average Bonchev–Trinajstić information content (AvgIpc) is 3.47. The molecule has 4 aromatic rings. The lowest BCUT2D eigenvalue weighted by Gasteiger charge is -2.10. The predicted molar refractivity (Wildman–Crippen MR) is 114 cm³/mol. The summed E-state index contributed by atoms with van der Waals surface area (Å²) in [6.45, 7) is 0. The Bertz CT molecular complexity index is 1080. The molecule has 2 N–H and O–H groups in total. The first-order chi connectivity index (χ1) is 13.7. The van der Waals surface area contributed by atoms with Crippen LogP contribution < -0.4 is 15.3 Å². The van der Waals surface area contributed by atoms with Crippen LogP contribution >= 0.6 is 34.4 Å². The second kappa shape index (κ2) is 8.21. The highest BCUT2D eigenvalue weighted by molar-refractivity contribution is 7.98. The van der Waals surface area contributed by atoms with Crippen LogP contribution in [0.1, 0.15) is 5.69 Å². The van der Waals surface area contributed by atoms with Gasteiger partial charge >= 0.3 is 0 Å². The van der Waals surface area contributed by atoms with Crippen LogP contribution in [0.4, 0.5) is 0 Å². The molecule has 28 heavy (non-hydrogen) atoms. The lowest BCUT2D eigenvalue weighted by molar-refractivity contribution is 0.356. The largest absolute Gasteiger partial charge is 0.493 e. The van der Waals surface area contributed by atoms with Gasteiger partial charge in [0.15, 0.2) is 17.3 Å². The molecule has 0 saturated carbocycles. The normalized spacial score (nSPS) is 10.9. The summed E-state index contributed by atoms with van der Waals surface area (Å²) in [7, 11) is 3.25. The van der Waals surface area contributed by atoms with Crippen molar-refractivity contribution in [2.24, 2.45) is 0 Å². The maximum Gasteiger partial charge on any atom is 0.210 e. The van der Waals surface area contributed by atoms with Crippen molar-refractivity contribution in [3.63, 3.8) is 0 Å². The number of thioether (sulfide) groups is 1. The molecule has 3 heterocycles. The van der Waals surface area contributed by atoms with Crippen molar-refractivity contribution < 1.29 is 9.47 Å². The molecule has 0 amide bonds. The zero-order valence-corrected chi connectivity index (χ0v) is 17.6. The van der Waals surface area contributed by atoms with E-state index in [1.165, 1.54) is 16.4 Å². The number of rotatable bonds is 7. The van der Waals surface area contributed by atoms with Crippen molar-refractivity contribution in [1.82, 2.24) is 19.9 Å². The van der Waals surface area contributed by atoms with Crippen LogP contribution in [-0.2, 0) is 5.75 Å². The molecule has 0 fully saturated rings. The van der Waals surface area contributed by atoms with Gasteiger partial charge in [0, 0.05) is 11.1 Å². The van der Waals surface area contributed by atoms with Crippen LogP contribution in [0.5, 0.6) is 11.5 Å². The number of hydrogen-bond acceptors (Lipinski definition) is 9. The van der Waals surface area contributed by atoms with Crippen molar-refractivity contribution in [2.75, 3.05) is 20.1 Å². The molecule has 0 radical (unpaired) electrons. The Balaban J connectivity index is 1.51. The Morgan fingerprint density at radius 3 is 2.75 bits per heavy atom. The quantitative estimate of drug-likeness (QED) is 0.347. The summed E-state index contributed by atoms with van der Waals surface area (Å²) in [5.74, 6) is 8.83. The molecule has 0 saturated heterocycles. The molecule has 144 valence electrons. The molecular weight excluding hydrogens is 414 g/mol. The monoisotopic (exact) mass is 431 g/mol. The summed E-state index contributed by atoms with van der Waals surface area (Å²) in [6.07, 6.45) is 0. The van der Waals surface area contributed by atoms with E-state index in [2.05, 4.69) is 10.2 Å². The predicted octanol–water partition coefficient (Wildman–Crippen LogP) is 4.15. The summed E-state index contributed by atoms with van der Waals surface area (Å²) >= 11 is 4.64. The minimum absolute atomic E-state index is 0.641. The van der Waals surface area contributed by atoms with Gasteiger partial charge in [-0.05, 0) is 23.6 Å². The van der Waals surface area contributed by atoms with Crippen LogP contribution in [0.3, 0.4) is 0 Å². The van der Waals surface area contributed by atoms with Gasteiger partial charge in [-0.3, -0.25) is 0 Å². The van der Waals surface area contributed by atoms with Crippen LogP contribution in [0.2, 0.25) is 0 Å².